The van der Waals surface area contributed by atoms with Gasteiger partial charge in [-0.15, -0.1) is 0 Å². The number of carbonyl (C=O) groups is 2. The molecule has 0 aromatic heterocycles. The van der Waals surface area contributed by atoms with Crippen LogP contribution in [0.15, 0.2) is 28.7 Å². The minimum atomic E-state index is -0.149. The highest BCUT2D eigenvalue weighted by molar-refractivity contribution is 9.10. The molecular formula is C15H20BrN3O3. The summed E-state index contributed by atoms with van der Waals surface area (Å²) in [6.45, 7) is 2.79. The van der Waals surface area contributed by atoms with E-state index in [2.05, 4.69) is 21.2 Å². The number of para-hydroxylation sites is 1. The summed E-state index contributed by atoms with van der Waals surface area (Å²) in [6.07, 6.45) is 0. The maximum atomic E-state index is 12.1. The predicted molar refractivity (Wildman–Crippen MR) is 87.7 cm³/mol. The van der Waals surface area contributed by atoms with Crippen LogP contribution in [-0.4, -0.2) is 68.1 Å². The van der Waals surface area contributed by atoms with E-state index in [1.54, 1.807) is 16.8 Å². The lowest BCUT2D eigenvalue weighted by molar-refractivity contribution is -0.136. The number of benzene rings is 1. The Bertz CT molecular complexity index is 533. The Balaban J connectivity index is 1.78. The Kier molecular flexibility index (Phi) is 6.35. The Morgan fingerprint density at radius 2 is 1.95 bits per heavy atom. The highest BCUT2D eigenvalue weighted by Gasteiger charge is 2.19. The lowest BCUT2D eigenvalue weighted by Gasteiger charge is -2.28. The van der Waals surface area contributed by atoms with E-state index in [1.165, 1.54) is 0 Å². The molecule has 0 unspecified atom stereocenters. The van der Waals surface area contributed by atoms with Crippen LogP contribution in [0.4, 0.5) is 5.69 Å². The fraction of sp³-hybridized carbons (Fsp3) is 0.467. The van der Waals surface area contributed by atoms with Crippen LogP contribution in [0.2, 0.25) is 0 Å². The number of amides is 2. The van der Waals surface area contributed by atoms with Gasteiger partial charge in [-0.3, -0.25) is 14.5 Å². The standard InChI is InChI=1S/C15H20BrN3O3/c1-18(11-15(21)19-6-8-22-9-7-19)10-14(20)17-13-5-3-2-4-12(13)16/h2-5H,6-11H2,1H3,(H,17,20). The quantitative estimate of drug-likeness (QED) is 0.846. The Morgan fingerprint density at radius 1 is 1.27 bits per heavy atom. The van der Waals surface area contributed by atoms with Crippen molar-refractivity contribution >= 4 is 33.4 Å². The molecule has 0 atom stereocenters. The molecule has 6 nitrogen and oxygen atoms in total. The molecule has 0 spiro atoms. The summed E-state index contributed by atoms with van der Waals surface area (Å²) in [7, 11) is 1.76. The molecule has 120 valence electrons. The minimum Gasteiger partial charge on any atom is -0.378 e. The van der Waals surface area contributed by atoms with Crippen LogP contribution in [0.3, 0.4) is 0 Å². The van der Waals surface area contributed by atoms with Gasteiger partial charge in [-0.25, -0.2) is 0 Å². The molecule has 1 aromatic carbocycles. The molecule has 1 saturated heterocycles. The Morgan fingerprint density at radius 3 is 2.64 bits per heavy atom. The molecule has 22 heavy (non-hydrogen) atoms. The van der Waals surface area contributed by atoms with Crippen molar-refractivity contribution < 1.29 is 14.3 Å². The van der Waals surface area contributed by atoms with Crippen molar-refractivity contribution in [1.29, 1.82) is 0 Å². The first-order valence-corrected chi connectivity index (χ1v) is 7.94. The van der Waals surface area contributed by atoms with E-state index in [0.29, 0.717) is 26.3 Å². The van der Waals surface area contributed by atoms with Crippen molar-refractivity contribution in [1.82, 2.24) is 9.80 Å². The van der Waals surface area contributed by atoms with Gasteiger partial charge in [-0.1, -0.05) is 12.1 Å². The summed E-state index contributed by atoms with van der Waals surface area (Å²) in [6, 6.07) is 7.42. The second-order valence-electron chi connectivity index (χ2n) is 5.19. The molecule has 7 heteroatoms. The van der Waals surface area contributed by atoms with Crippen molar-refractivity contribution in [3.8, 4) is 0 Å². The molecule has 1 aromatic rings. The van der Waals surface area contributed by atoms with Crippen LogP contribution in [0.25, 0.3) is 0 Å². The summed E-state index contributed by atoms with van der Waals surface area (Å²) in [5.74, 6) is -0.122. The molecule has 1 aliphatic rings. The molecular weight excluding hydrogens is 350 g/mol. The molecule has 0 radical (unpaired) electrons. The second-order valence-corrected chi connectivity index (χ2v) is 6.05. The SMILES string of the molecule is CN(CC(=O)Nc1ccccc1Br)CC(=O)N1CCOCC1. The second kappa shape index (κ2) is 8.26. The first-order chi connectivity index (χ1) is 10.6. The van der Waals surface area contributed by atoms with Crippen LogP contribution >= 0.6 is 15.9 Å². The highest BCUT2D eigenvalue weighted by atomic mass is 79.9. The van der Waals surface area contributed by atoms with Gasteiger partial charge in [-0.05, 0) is 35.1 Å². The molecule has 1 N–H and O–H groups in total. The summed E-state index contributed by atoms with van der Waals surface area (Å²) < 4.78 is 6.05. The van der Waals surface area contributed by atoms with Gasteiger partial charge < -0.3 is 15.0 Å². The topological polar surface area (TPSA) is 61.9 Å². The lowest BCUT2D eigenvalue weighted by Crippen LogP contribution is -2.46. The van der Waals surface area contributed by atoms with Gasteiger partial charge in [0.25, 0.3) is 0 Å². The van der Waals surface area contributed by atoms with Crippen LogP contribution in [0, 0.1) is 0 Å². The van der Waals surface area contributed by atoms with Crippen molar-refractivity contribution in [2.45, 2.75) is 0 Å². The van der Waals surface area contributed by atoms with Gasteiger partial charge in [0.1, 0.15) is 0 Å². The highest BCUT2D eigenvalue weighted by Crippen LogP contribution is 2.20. The van der Waals surface area contributed by atoms with Crippen LogP contribution in [0.5, 0.6) is 0 Å². The maximum absolute atomic E-state index is 12.1. The third kappa shape index (κ3) is 5.08. The van der Waals surface area contributed by atoms with Gasteiger partial charge in [-0.2, -0.15) is 0 Å². The first-order valence-electron chi connectivity index (χ1n) is 7.14. The number of anilines is 1. The monoisotopic (exact) mass is 369 g/mol. The number of morpholine rings is 1. The molecule has 0 bridgehead atoms. The largest absolute Gasteiger partial charge is 0.378 e. The zero-order chi connectivity index (χ0) is 15.9. The molecule has 0 aliphatic carbocycles. The zero-order valence-corrected chi connectivity index (χ0v) is 14.1. The van der Waals surface area contributed by atoms with Crippen molar-refractivity contribution in [2.24, 2.45) is 0 Å². The number of rotatable bonds is 5. The van der Waals surface area contributed by atoms with Crippen LogP contribution in [0.1, 0.15) is 0 Å². The van der Waals surface area contributed by atoms with Crippen LogP contribution < -0.4 is 5.32 Å². The van der Waals surface area contributed by atoms with Crippen LogP contribution in [-0.2, 0) is 14.3 Å². The zero-order valence-electron chi connectivity index (χ0n) is 12.5. The summed E-state index contributed by atoms with van der Waals surface area (Å²) in [4.78, 5) is 27.6. The van der Waals surface area contributed by atoms with E-state index in [-0.39, 0.29) is 24.9 Å². The van der Waals surface area contributed by atoms with E-state index < -0.39 is 0 Å². The number of halogens is 1. The fourth-order valence-corrected chi connectivity index (χ4v) is 2.58. The lowest BCUT2D eigenvalue weighted by atomic mass is 10.3. The van der Waals surface area contributed by atoms with Crippen molar-refractivity contribution in [2.75, 3.05) is 51.8 Å². The number of hydrogen-bond donors (Lipinski definition) is 1. The van der Waals surface area contributed by atoms with Gasteiger partial charge in [0, 0.05) is 17.6 Å². The van der Waals surface area contributed by atoms with Crippen molar-refractivity contribution in [3.63, 3.8) is 0 Å². The number of nitrogens with one attached hydrogen (secondary N) is 1. The Hall–Kier alpha value is -1.44. The van der Waals surface area contributed by atoms with Gasteiger partial charge in [0.2, 0.25) is 11.8 Å². The third-order valence-electron chi connectivity index (χ3n) is 3.33. The average molecular weight is 370 g/mol. The predicted octanol–water partition coefficient (Wildman–Crippen LogP) is 1.18. The molecule has 2 rings (SSSR count). The van der Waals surface area contributed by atoms with Crippen molar-refractivity contribution in [3.05, 3.63) is 28.7 Å². The molecule has 1 fully saturated rings. The number of carbonyl (C=O) groups excluding carboxylic acids is 2. The van der Waals surface area contributed by atoms with E-state index in [4.69, 9.17) is 4.74 Å². The van der Waals surface area contributed by atoms with E-state index in [1.807, 2.05) is 24.3 Å². The van der Waals surface area contributed by atoms with E-state index in [0.717, 1.165) is 10.2 Å². The summed E-state index contributed by atoms with van der Waals surface area (Å²) >= 11 is 3.38. The normalized spacial score (nSPS) is 15.0. The maximum Gasteiger partial charge on any atom is 0.238 e. The van der Waals surface area contributed by atoms with Gasteiger partial charge in [0.05, 0.1) is 32.0 Å². The number of hydrogen-bond acceptors (Lipinski definition) is 4. The molecule has 2 amide bonds. The Labute approximate surface area is 138 Å². The fourth-order valence-electron chi connectivity index (χ4n) is 2.20. The first kappa shape index (κ1) is 16.9. The summed E-state index contributed by atoms with van der Waals surface area (Å²) in [5, 5.41) is 2.82. The molecule has 1 aliphatic heterocycles. The minimum absolute atomic E-state index is 0.0273. The number of ether oxygens (including phenoxy) is 1. The van der Waals surface area contributed by atoms with Gasteiger partial charge >= 0.3 is 0 Å². The van der Waals surface area contributed by atoms with E-state index >= 15 is 0 Å². The molecule has 1 heterocycles. The van der Waals surface area contributed by atoms with E-state index in [9.17, 15) is 9.59 Å². The number of nitrogens with zero attached hydrogens (tertiary/aromatic N) is 2. The van der Waals surface area contributed by atoms with Gasteiger partial charge in [0.15, 0.2) is 0 Å². The third-order valence-corrected chi connectivity index (χ3v) is 4.02. The summed E-state index contributed by atoms with van der Waals surface area (Å²) in [5.41, 5.74) is 0.723. The average Bonchev–Trinajstić information content (AvgIpc) is 2.50. The smallest absolute Gasteiger partial charge is 0.238 e. The number of likely N-dealkylation sites (N-methyl/N-ethyl adjacent to an activating group) is 1. The molecule has 0 saturated carbocycles.